The van der Waals surface area contributed by atoms with Crippen molar-refractivity contribution in [3.63, 3.8) is 0 Å². The summed E-state index contributed by atoms with van der Waals surface area (Å²) in [4.78, 5) is 26.3. The third-order valence-electron chi connectivity index (χ3n) is 11.8. The van der Waals surface area contributed by atoms with E-state index in [1.54, 1.807) is 0 Å². The number of carbonyl (C=O) groups excluding carboxylic acids is 2. The molecule has 0 heterocycles. The maximum atomic E-state index is 14.2. The molecule has 5 aliphatic carbocycles. The zero-order valence-corrected chi connectivity index (χ0v) is 22.8. The van der Waals surface area contributed by atoms with Crippen LogP contribution in [0.1, 0.15) is 98.3 Å². The molecular formula is C31H43NO4. The van der Waals surface area contributed by atoms with E-state index < -0.39 is 0 Å². The number of fused-ring (bicyclic) bond motifs is 7. The molecule has 0 radical (unpaired) electrons. The summed E-state index contributed by atoms with van der Waals surface area (Å²) in [6, 6.07) is 2.25. The Balaban J connectivity index is 1.55. The van der Waals surface area contributed by atoms with Crippen LogP contribution >= 0.6 is 0 Å². The van der Waals surface area contributed by atoms with E-state index in [1.807, 2.05) is 6.08 Å². The average molecular weight is 494 g/mol. The molecule has 0 aromatic carbocycles. The molecule has 7 atom stereocenters. The highest BCUT2D eigenvalue weighted by Crippen LogP contribution is 2.70. The van der Waals surface area contributed by atoms with Crippen molar-refractivity contribution in [1.29, 1.82) is 5.26 Å². The Morgan fingerprint density at radius 2 is 1.86 bits per heavy atom. The van der Waals surface area contributed by atoms with Gasteiger partial charge in [-0.3, -0.25) is 9.59 Å². The summed E-state index contributed by atoms with van der Waals surface area (Å²) >= 11 is 0. The van der Waals surface area contributed by atoms with Crippen molar-refractivity contribution in [1.82, 2.24) is 0 Å². The van der Waals surface area contributed by atoms with E-state index in [1.165, 1.54) is 12.7 Å². The van der Waals surface area contributed by atoms with E-state index in [0.29, 0.717) is 36.7 Å². The molecule has 196 valence electrons. The number of ether oxygens (including phenoxy) is 1. The Bertz CT molecular complexity index is 1080. The van der Waals surface area contributed by atoms with Gasteiger partial charge in [0, 0.05) is 18.8 Å². The minimum Gasteiger partial charge on any atom is -0.511 e. The Kier molecular flexibility index (Phi) is 6.01. The van der Waals surface area contributed by atoms with Crippen molar-refractivity contribution in [2.75, 3.05) is 7.11 Å². The summed E-state index contributed by atoms with van der Waals surface area (Å²) in [5.74, 6) is 1.26. The molecule has 5 rings (SSSR count). The van der Waals surface area contributed by atoms with Gasteiger partial charge in [0.25, 0.3) is 0 Å². The molecule has 5 heteroatoms. The molecule has 0 spiro atoms. The first-order valence-electron chi connectivity index (χ1n) is 14.0. The van der Waals surface area contributed by atoms with Gasteiger partial charge in [-0.05, 0) is 103 Å². The molecule has 0 saturated heterocycles. The number of allylic oxidation sites excluding steroid dienone is 4. The molecule has 7 unspecified atom stereocenters. The number of nitriles is 1. The third kappa shape index (κ3) is 3.69. The standard InChI is InChI=1S/C31H43NO4/c1-28(2)12-13-31(11-8-26(35)36-5)10-7-21-27(22(31)17-28)24(34)15-25-29(21,3)9-6-20-14-23(33)19(18-32)16-30(20,25)4/h15,20-22,27,33H,6-14,16-17H2,1-5H3. The number of carbonyl (C=O) groups is 2. The van der Waals surface area contributed by atoms with Crippen LogP contribution in [0.5, 0.6) is 0 Å². The molecule has 1 N–H and O–H groups in total. The van der Waals surface area contributed by atoms with Gasteiger partial charge < -0.3 is 9.84 Å². The van der Waals surface area contributed by atoms with Crippen LogP contribution in [-0.4, -0.2) is 24.0 Å². The maximum Gasteiger partial charge on any atom is 0.305 e. The topological polar surface area (TPSA) is 87.4 Å². The first-order chi connectivity index (χ1) is 16.9. The fourth-order valence-corrected chi connectivity index (χ4v) is 9.66. The van der Waals surface area contributed by atoms with Crippen LogP contribution in [0.4, 0.5) is 0 Å². The van der Waals surface area contributed by atoms with Gasteiger partial charge in [0.05, 0.1) is 18.8 Å². The van der Waals surface area contributed by atoms with Crippen molar-refractivity contribution in [2.24, 2.45) is 45.3 Å². The van der Waals surface area contributed by atoms with Crippen LogP contribution in [-0.2, 0) is 14.3 Å². The van der Waals surface area contributed by atoms with Crippen molar-refractivity contribution < 1.29 is 19.4 Å². The van der Waals surface area contributed by atoms with Crippen LogP contribution in [0, 0.1) is 56.7 Å². The monoisotopic (exact) mass is 493 g/mol. The second kappa shape index (κ2) is 8.47. The molecule has 0 amide bonds. The molecule has 5 nitrogen and oxygen atoms in total. The number of aliphatic hydroxyl groups excluding tert-OH is 1. The molecule has 3 saturated carbocycles. The molecule has 0 aliphatic heterocycles. The van der Waals surface area contributed by atoms with Gasteiger partial charge in [-0.1, -0.05) is 33.3 Å². The Labute approximate surface area is 216 Å². The van der Waals surface area contributed by atoms with E-state index in [0.717, 1.165) is 51.4 Å². The van der Waals surface area contributed by atoms with Crippen LogP contribution in [0.15, 0.2) is 23.0 Å². The fourth-order valence-electron chi connectivity index (χ4n) is 9.66. The minimum atomic E-state index is -0.254. The van der Waals surface area contributed by atoms with E-state index in [-0.39, 0.29) is 51.0 Å². The number of rotatable bonds is 3. The van der Waals surface area contributed by atoms with Crippen molar-refractivity contribution in [2.45, 2.75) is 98.3 Å². The number of esters is 1. The molecule has 0 aromatic heterocycles. The Morgan fingerprint density at radius 1 is 1.11 bits per heavy atom. The van der Waals surface area contributed by atoms with Crippen molar-refractivity contribution in [3.05, 3.63) is 23.0 Å². The predicted octanol–water partition coefficient (Wildman–Crippen LogP) is 6.84. The van der Waals surface area contributed by atoms with E-state index in [4.69, 9.17) is 4.74 Å². The average Bonchev–Trinajstić information content (AvgIpc) is 2.83. The summed E-state index contributed by atoms with van der Waals surface area (Å²) in [5.41, 5.74) is 1.66. The number of hydrogen-bond acceptors (Lipinski definition) is 5. The molecule has 0 bridgehead atoms. The lowest BCUT2D eigenvalue weighted by atomic mass is 9.39. The largest absolute Gasteiger partial charge is 0.511 e. The highest BCUT2D eigenvalue weighted by atomic mass is 16.5. The zero-order valence-electron chi connectivity index (χ0n) is 22.8. The van der Waals surface area contributed by atoms with Gasteiger partial charge in [0.15, 0.2) is 5.78 Å². The first kappa shape index (κ1) is 25.6. The normalized spacial score (nSPS) is 43.2. The number of hydrogen-bond donors (Lipinski definition) is 1. The quantitative estimate of drug-likeness (QED) is 0.435. The Hall–Kier alpha value is -2.09. The number of ketones is 1. The van der Waals surface area contributed by atoms with Crippen molar-refractivity contribution in [3.8, 4) is 6.07 Å². The molecule has 0 aromatic rings. The SMILES string of the molecule is COC(=O)CCC12CCC3C(C(=O)C=C4C5(C)CC(C#N)=C(O)CC5CCC43C)C1CC(C)(C)CC2. The molecule has 36 heavy (non-hydrogen) atoms. The second-order valence-corrected chi connectivity index (χ2v) is 14.0. The highest BCUT2D eigenvalue weighted by molar-refractivity contribution is 5.95. The highest BCUT2D eigenvalue weighted by Gasteiger charge is 2.63. The lowest BCUT2D eigenvalue weighted by Crippen LogP contribution is -2.59. The van der Waals surface area contributed by atoms with Gasteiger partial charge in [-0.2, -0.15) is 5.26 Å². The molecular weight excluding hydrogens is 450 g/mol. The van der Waals surface area contributed by atoms with Crippen LogP contribution in [0.25, 0.3) is 0 Å². The molecule has 3 fully saturated rings. The van der Waals surface area contributed by atoms with Gasteiger partial charge in [-0.25, -0.2) is 0 Å². The van der Waals surface area contributed by atoms with E-state index in [2.05, 4.69) is 33.8 Å². The molecule has 5 aliphatic rings. The smallest absolute Gasteiger partial charge is 0.305 e. The third-order valence-corrected chi connectivity index (χ3v) is 11.8. The summed E-state index contributed by atoms with van der Waals surface area (Å²) in [6.45, 7) is 9.32. The summed E-state index contributed by atoms with van der Waals surface area (Å²) in [5, 5.41) is 20.2. The zero-order chi connectivity index (χ0) is 26.1. The number of nitrogens with zero attached hydrogens (tertiary/aromatic N) is 1. The van der Waals surface area contributed by atoms with Crippen LogP contribution in [0.2, 0.25) is 0 Å². The summed E-state index contributed by atoms with van der Waals surface area (Å²) < 4.78 is 5.00. The summed E-state index contributed by atoms with van der Waals surface area (Å²) in [6.07, 6.45) is 11.8. The van der Waals surface area contributed by atoms with Crippen LogP contribution in [0.3, 0.4) is 0 Å². The second-order valence-electron chi connectivity index (χ2n) is 14.0. The predicted molar refractivity (Wildman–Crippen MR) is 138 cm³/mol. The lowest BCUT2D eigenvalue weighted by Gasteiger charge is -2.64. The minimum absolute atomic E-state index is 0.00726. The first-order valence-corrected chi connectivity index (χ1v) is 14.0. The van der Waals surface area contributed by atoms with Gasteiger partial charge >= 0.3 is 5.97 Å². The Morgan fingerprint density at radius 3 is 2.56 bits per heavy atom. The number of aliphatic hydroxyl groups is 1. The van der Waals surface area contributed by atoms with Gasteiger partial charge in [0.2, 0.25) is 0 Å². The fraction of sp³-hybridized carbons (Fsp3) is 0.774. The van der Waals surface area contributed by atoms with Gasteiger partial charge in [0.1, 0.15) is 5.76 Å². The van der Waals surface area contributed by atoms with Gasteiger partial charge in [-0.15, -0.1) is 0 Å². The van der Waals surface area contributed by atoms with Crippen LogP contribution < -0.4 is 0 Å². The lowest BCUT2D eigenvalue weighted by molar-refractivity contribution is -0.151. The number of methoxy groups -OCH3 is 1. The summed E-state index contributed by atoms with van der Waals surface area (Å²) in [7, 11) is 1.46. The van der Waals surface area contributed by atoms with Crippen molar-refractivity contribution >= 4 is 11.8 Å². The maximum absolute atomic E-state index is 14.2. The van der Waals surface area contributed by atoms with E-state index >= 15 is 0 Å². The van der Waals surface area contributed by atoms with E-state index in [9.17, 15) is 20.0 Å².